The molecule has 3 aromatic rings. The first-order chi connectivity index (χ1) is 20.2. The van der Waals surface area contributed by atoms with Crippen LogP contribution in [0.15, 0.2) is 59.5 Å². The minimum atomic E-state index is -4.18. The fraction of sp³-hybridized carbons (Fsp3) is 0.419. The van der Waals surface area contributed by atoms with E-state index in [4.69, 9.17) is 16.3 Å². The fourth-order valence-corrected chi connectivity index (χ4v) is 7.16. The summed E-state index contributed by atoms with van der Waals surface area (Å²) in [7, 11) is -2.67. The van der Waals surface area contributed by atoms with E-state index in [1.165, 1.54) is 23.6 Å². The number of nitrogens with one attached hydrogen (secondary N) is 1. The zero-order valence-electron chi connectivity index (χ0n) is 23.9. The summed E-state index contributed by atoms with van der Waals surface area (Å²) in [5.74, 6) is 1.86. The number of rotatable bonds is 0. The van der Waals surface area contributed by atoms with Gasteiger partial charge in [-0.2, -0.15) is 5.10 Å². The highest BCUT2D eigenvalue weighted by Gasteiger charge is 2.32. The highest BCUT2D eigenvalue weighted by atomic mass is 35.5. The summed E-state index contributed by atoms with van der Waals surface area (Å²) in [5.41, 5.74) is 3.85. The second-order valence-electron chi connectivity index (χ2n) is 11.5. The minimum Gasteiger partial charge on any atom is -0.487 e. The number of fused-ring (bicyclic) bond motifs is 5. The number of allylic oxidation sites excluding steroid dienone is 2. The SMILES string of the molecule is Cc1cc2nn1C/C=C/[C@@H]1CC[C@H]1CN1CCCCc3cc(Cl)ccc3COc3ccc(cc31)S(=O)(=O)NC(=O)N2C. The Balaban J connectivity index is 1.40. The molecule has 0 unspecified atom stereocenters. The van der Waals surface area contributed by atoms with Crippen LogP contribution in [0.25, 0.3) is 0 Å². The van der Waals surface area contributed by atoms with E-state index in [-0.39, 0.29) is 4.90 Å². The average molecular weight is 610 g/mol. The molecule has 0 saturated heterocycles. The fourth-order valence-electron chi connectivity index (χ4n) is 5.97. The first kappa shape index (κ1) is 28.6. The number of aryl methyl sites for hydroxylation is 2. The number of carbonyl (C=O) groups excluding carboxylic acids is 1. The zero-order chi connectivity index (χ0) is 29.4. The Hall–Kier alpha value is -3.50. The van der Waals surface area contributed by atoms with E-state index in [9.17, 15) is 13.2 Å². The number of carbonyl (C=O) groups is 1. The van der Waals surface area contributed by atoms with Crippen molar-refractivity contribution in [3.8, 4) is 5.75 Å². The van der Waals surface area contributed by atoms with Crippen molar-refractivity contribution in [2.24, 2.45) is 11.8 Å². The summed E-state index contributed by atoms with van der Waals surface area (Å²) >= 11 is 6.31. The third kappa shape index (κ3) is 5.87. The van der Waals surface area contributed by atoms with Gasteiger partial charge < -0.3 is 9.64 Å². The van der Waals surface area contributed by atoms with Crippen LogP contribution >= 0.6 is 11.6 Å². The number of benzene rings is 2. The summed E-state index contributed by atoms with van der Waals surface area (Å²) in [6.07, 6.45) is 9.45. The summed E-state index contributed by atoms with van der Waals surface area (Å²) in [6, 6.07) is 11.7. The molecule has 0 spiro atoms. The maximum atomic E-state index is 13.5. The third-order valence-electron chi connectivity index (χ3n) is 8.69. The van der Waals surface area contributed by atoms with Crippen LogP contribution in [0.2, 0.25) is 5.02 Å². The molecule has 1 saturated carbocycles. The van der Waals surface area contributed by atoms with Crippen molar-refractivity contribution in [3.63, 3.8) is 0 Å². The quantitative estimate of drug-likeness (QED) is 0.329. The third-order valence-corrected chi connectivity index (χ3v) is 10.2. The van der Waals surface area contributed by atoms with Gasteiger partial charge in [-0.25, -0.2) is 17.9 Å². The van der Waals surface area contributed by atoms with Crippen LogP contribution in [0.4, 0.5) is 16.3 Å². The Morgan fingerprint density at radius 2 is 1.93 bits per heavy atom. The van der Waals surface area contributed by atoms with Gasteiger partial charge in [0.25, 0.3) is 10.0 Å². The van der Waals surface area contributed by atoms with Gasteiger partial charge in [0, 0.05) is 36.9 Å². The molecule has 42 heavy (non-hydrogen) atoms. The van der Waals surface area contributed by atoms with Crippen LogP contribution in [-0.2, 0) is 29.6 Å². The van der Waals surface area contributed by atoms with Crippen molar-refractivity contribution in [2.75, 3.05) is 29.9 Å². The molecule has 3 aliphatic rings. The summed E-state index contributed by atoms with van der Waals surface area (Å²) in [5, 5.41) is 5.25. The lowest BCUT2D eigenvalue weighted by atomic mass is 9.73. The van der Waals surface area contributed by atoms with Gasteiger partial charge in [-0.3, -0.25) is 9.58 Å². The molecule has 1 aliphatic carbocycles. The van der Waals surface area contributed by atoms with E-state index < -0.39 is 16.1 Å². The van der Waals surface area contributed by atoms with Gasteiger partial charge in [0.1, 0.15) is 12.4 Å². The normalized spacial score (nSPS) is 23.2. The standard InChI is InChI=1S/C31H36ClN5O4S/c1-21-16-30-33-37(21)15-5-7-22-8-9-24(22)19-36-14-4-3-6-23-17-26(32)11-10-25(23)20-41-29-13-12-27(18-28(29)36)42(39,40)34-31(38)35(30)2/h5,7,10-13,16-18,22,24H,3-4,6,8-9,14-15,19-20H2,1-2H3,(H,34,38)/b7-5+/t22-,24+/m1/s1. The van der Waals surface area contributed by atoms with E-state index in [1.807, 2.05) is 29.8 Å². The van der Waals surface area contributed by atoms with E-state index >= 15 is 0 Å². The maximum absolute atomic E-state index is 13.5. The predicted octanol–water partition coefficient (Wildman–Crippen LogP) is 5.70. The van der Waals surface area contributed by atoms with Gasteiger partial charge in [-0.05, 0) is 92.3 Å². The average Bonchev–Trinajstić information content (AvgIpc) is 3.31. The molecule has 1 fully saturated rings. The molecule has 2 atom stereocenters. The molecule has 11 heteroatoms. The number of hydrogen-bond donors (Lipinski definition) is 1. The molecule has 3 heterocycles. The molecule has 6 rings (SSSR count). The van der Waals surface area contributed by atoms with Crippen LogP contribution in [0, 0.1) is 18.8 Å². The lowest BCUT2D eigenvalue weighted by Crippen LogP contribution is -2.41. The van der Waals surface area contributed by atoms with Gasteiger partial charge in [0.15, 0.2) is 5.82 Å². The van der Waals surface area contributed by atoms with E-state index in [0.717, 1.165) is 62.1 Å². The van der Waals surface area contributed by atoms with Crippen molar-refractivity contribution < 1.29 is 17.9 Å². The first-order valence-corrected chi connectivity index (χ1v) is 16.3. The lowest BCUT2D eigenvalue weighted by molar-refractivity contribution is 0.229. The summed E-state index contributed by atoms with van der Waals surface area (Å²) in [6.45, 7) is 4.39. The monoisotopic (exact) mass is 609 g/mol. The van der Waals surface area contributed by atoms with Crippen LogP contribution in [0.5, 0.6) is 5.75 Å². The number of hydrogen-bond acceptors (Lipinski definition) is 6. The number of aromatic nitrogens is 2. The predicted molar refractivity (Wildman–Crippen MR) is 164 cm³/mol. The van der Waals surface area contributed by atoms with E-state index in [0.29, 0.717) is 41.6 Å². The second-order valence-corrected chi connectivity index (χ2v) is 13.6. The molecular formula is C31H36ClN5O4S. The molecular weight excluding hydrogens is 574 g/mol. The number of urea groups is 1. The Morgan fingerprint density at radius 1 is 1.07 bits per heavy atom. The smallest absolute Gasteiger partial charge is 0.336 e. The van der Waals surface area contributed by atoms with Crippen molar-refractivity contribution in [1.29, 1.82) is 0 Å². The number of ether oxygens (including phenoxy) is 1. The van der Waals surface area contributed by atoms with Gasteiger partial charge in [-0.1, -0.05) is 29.8 Å². The lowest BCUT2D eigenvalue weighted by Gasteiger charge is -2.40. The van der Waals surface area contributed by atoms with Crippen molar-refractivity contribution >= 4 is 39.2 Å². The molecule has 222 valence electrons. The topological polar surface area (TPSA) is 96.8 Å². The number of sulfonamides is 1. The Bertz CT molecular complexity index is 1640. The number of anilines is 2. The molecule has 2 amide bonds. The van der Waals surface area contributed by atoms with Crippen LogP contribution in [-0.4, -0.2) is 44.4 Å². The largest absolute Gasteiger partial charge is 0.487 e. The number of nitrogens with zero attached hydrogens (tertiary/aromatic N) is 4. The van der Waals surface area contributed by atoms with Gasteiger partial charge in [0.05, 0.1) is 17.1 Å². The highest BCUT2D eigenvalue weighted by molar-refractivity contribution is 7.90. The Labute approximate surface area is 252 Å². The van der Waals surface area contributed by atoms with Gasteiger partial charge in [0.2, 0.25) is 0 Å². The Morgan fingerprint density at radius 3 is 2.74 bits per heavy atom. The molecule has 1 aromatic heterocycles. The summed E-state index contributed by atoms with van der Waals surface area (Å²) < 4.78 is 37.5. The molecule has 0 radical (unpaired) electrons. The van der Waals surface area contributed by atoms with Crippen LogP contribution in [0.1, 0.15) is 42.5 Å². The van der Waals surface area contributed by atoms with Gasteiger partial charge in [-0.15, -0.1) is 0 Å². The molecule has 1 N–H and O–H groups in total. The van der Waals surface area contributed by atoms with Crippen LogP contribution < -0.4 is 19.3 Å². The molecule has 9 nitrogen and oxygen atoms in total. The van der Waals surface area contributed by atoms with E-state index in [2.05, 4.69) is 26.9 Å². The van der Waals surface area contributed by atoms with Crippen molar-refractivity contribution in [1.82, 2.24) is 14.5 Å². The molecule has 2 aliphatic heterocycles. The second kappa shape index (κ2) is 11.6. The van der Waals surface area contributed by atoms with Crippen molar-refractivity contribution in [2.45, 2.75) is 57.1 Å². The number of amides is 2. The highest BCUT2D eigenvalue weighted by Crippen LogP contribution is 2.40. The number of halogens is 1. The summed E-state index contributed by atoms with van der Waals surface area (Å²) in [4.78, 5) is 16.6. The van der Waals surface area contributed by atoms with Crippen molar-refractivity contribution in [3.05, 3.63) is 76.5 Å². The van der Waals surface area contributed by atoms with Crippen LogP contribution in [0.3, 0.4) is 0 Å². The van der Waals surface area contributed by atoms with Gasteiger partial charge >= 0.3 is 6.03 Å². The zero-order valence-corrected chi connectivity index (χ0v) is 25.5. The van der Waals surface area contributed by atoms with E-state index in [1.54, 1.807) is 18.2 Å². The molecule has 2 aromatic carbocycles. The Kier molecular flexibility index (Phi) is 7.93. The first-order valence-electron chi connectivity index (χ1n) is 14.5. The molecule has 4 bridgehead atoms. The maximum Gasteiger partial charge on any atom is 0.336 e. The minimum absolute atomic E-state index is 0.00901.